The molecule has 1 aromatic carbocycles. The van der Waals surface area contributed by atoms with Crippen LogP contribution in [-0.2, 0) is 0 Å². The van der Waals surface area contributed by atoms with Crippen LogP contribution in [0.5, 0.6) is 0 Å². The van der Waals surface area contributed by atoms with Crippen LogP contribution >= 0.6 is 34.8 Å². The fourth-order valence-corrected chi connectivity index (χ4v) is 1.67. The quantitative estimate of drug-likeness (QED) is 0.887. The van der Waals surface area contributed by atoms with Gasteiger partial charge in [0.25, 0.3) is 5.91 Å². The highest BCUT2D eigenvalue weighted by Gasteiger charge is 2.12. The Morgan fingerprint density at radius 3 is 2.53 bits per heavy atom. The summed E-state index contributed by atoms with van der Waals surface area (Å²) in [5.41, 5.74) is 0.716. The van der Waals surface area contributed by atoms with Crippen LogP contribution in [0.15, 0.2) is 24.4 Å². The first-order chi connectivity index (χ1) is 8.08. The number of aromatic nitrogens is 2. The first-order valence-electron chi connectivity index (χ1n) is 4.53. The van der Waals surface area contributed by atoms with E-state index in [1.165, 1.54) is 6.20 Å². The second-order valence-electron chi connectivity index (χ2n) is 3.18. The molecular formula is C10H6Cl3N3O. The molecule has 1 aromatic heterocycles. The van der Waals surface area contributed by atoms with Crippen LogP contribution in [0.25, 0.3) is 0 Å². The van der Waals surface area contributed by atoms with Crippen molar-refractivity contribution in [3.8, 4) is 0 Å². The first-order valence-corrected chi connectivity index (χ1v) is 5.66. The molecule has 2 rings (SSSR count). The molecule has 0 aliphatic carbocycles. The maximum absolute atomic E-state index is 11.7. The normalized spacial score (nSPS) is 10.3. The van der Waals surface area contributed by atoms with Crippen molar-refractivity contribution >= 4 is 46.4 Å². The molecule has 0 radical (unpaired) electrons. The summed E-state index contributed by atoms with van der Waals surface area (Å²) in [5.74, 6) is -0.397. The van der Waals surface area contributed by atoms with Gasteiger partial charge in [-0.3, -0.25) is 9.89 Å². The second-order valence-corrected chi connectivity index (χ2v) is 4.40. The van der Waals surface area contributed by atoms with Crippen molar-refractivity contribution in [2.45, 2.75) is 0 Å². The minimum absolute atomic E-state index is 0.192. The van der Waals surface area contributed by atoms with E-state index in [1.54, 1.807) is 18.2 Å². The van der Waals surface area contributed by atoms with Crippen molar-refractivity contribution in [3.63, 3.8) is 0 Å². The van der Waals surface area contributed by atoms with Gasteiger partial charge in [0.05, 0.1) is 21.3 Å². The highest BCUT2D eigenvalue weighted by molar-refractivity contribution is 6.42. The molecular weight excluding hydrogens is 284 g/mol. The van der Waals surface area contributed by atoms with Crippen molar-refractivity contribution in [2.24, 2.45) is 0 Å². The molecule has 1 heterocycles. The third kappa shape index (κ3) is 2.72. The third-order valence-corrected chi connectivity index (χ3v) is 3.02. The zero-order valence-electron chi connectivity index (χ0n) is 8.30. The van der Waals surface area contributed by atoms with Crippen LogP contribution < -0.4 is 5.32 Å². The number of nitrogens with one attached hydrogen (secondary N) is 2. The Morgan fingerprint density at radius 2 is 1.94 bits per heavy atom. The van der Waals surface area contributed by atoms with Crippen LogP contribution in [0.2, 0.25) is 15.1 Å². The van der Waals surface area contributed by atoms with E-state index >= 15 is 0 Å². The van der Waals surface area contributed by atoms with Gasteiger partial charge in [-0.05, 0) is 18.2 Å². The number of anilines is 1. The molecule has 0 saturated carbocycles. The Balaban J connectivity index is 2.19. The largest absolute Gasteiger partial charge is 0.321 e. The Morgan fingerprint density at radius 1 is 1.18 bits per heavy atom. The van der Waals surface area contributed by atoms with Gasteiger partial charge in [0.1, 0.15) is 5.69 Å². The highest BCUT2D eigenvalue weighted by Crippen LogP contribution is 2.25. The highest BCUT2D eigenvalue weighted by atomic mass is 35.5. The minimum Gasteiger partial charge on any atom is -0.321 e. The number of benzene rings is 1. The molecule has 0 aliphatic heterocycles. The van der Waals surface area contributed by atoms with E-state index in [-0.39, 0.29) is 10.7 Å². The molecule has 2 aromatic rings. The van der Waals surface area contributed by atoms with E-state index in [9.17, 15) is 4.79 Å². The SMILES string of the molecule is O=C(Nc1ccc(Cl)c(Cl)c1)c1[nH]ncc1Cl. The molecule has 1 amide bonds. The summed E-state index contributed by atoms with van der Waals surface area (Å²) in [6, 6.07) is 4.77. The summed E-state index contributed by atoms with van der Waals surface area (Å²) in [5, 5.41) is 9.80. The number of amides is 1. The lowest BCUT2D eigenvalue weighted by Crippen LogP contribution is -2.12. The zero-order chi connectivity index (χ0) is 12.4. The van der Waals surface area contributed by atoms with Gasteiger partial charge >= 0.3 is 0 Å². The predicted octanol–water partition coefficient (Wildman–Crippen LogP) is 3.62. The number of aromatic amines is 1. The number of halogens is 3. The Hall–Kier alpha value is -1.23. The summed E-state index contributed by atoms with van der Waals surface area (Å²) in [7, 11) is 0. The number of nitrogens with zero attached hydrogens (tertiary/aromatic N) is 1. The standard InChI is InChI=1S/C10H6Cl3N3O/c11-6-2-1-5(3-7(6)12)15-10(17)9-8(13)4-14-16-9/h1-4H,(H,14,16)(H,15,17). The number of hydrogen-bond acceptors (Lipinski definition) is 2. The Bertz CT molecular complexity index is 568. The van der Waals surface area contributed by atoms with Gasteiger partial charge in [-0.1, -0.05) is 34.8 Å². The van der Waals surface area contributed by atoms with Gasteiger partial charge < -0.3 is 5.32 Å². The van der Waals surface area contributed by atoms with Gasteiger partial charge in [0.15, 0.2) is 0 Å². The Labute approximate surface area is 112 Å². The lowest BCUT2D eigenvalue weighted by Gasteiger charge is -2.05. The maximum atomic E-state index is 11.7. The molecule has 7 heteroatoms. The van der Waals surface area contributed by atoms with Gasteiger partial charge in [0, 0.05) is 5.69 Å². The summed E-state index contributed by atoms with van der Waals surface area (Å²) < 4.78 is 0. The molecule has 0 atom stereocenters. The van der Waals surface area contributed by atoms with Gasteiger partial charge in [-0.2, -0.15) is 5.10 Å². The molecule has 0 saturated heterocycles. The van der Waals surface area contributed by atoms with Gasteiger partial charge in [-0.25, -0.2) is 0 Å². The molecule has 88 valence electrons. The van der Waals surface area contributed by atoms with Crippen molar-refractivity contribution < 1.29 is 4.79 Å². The number of H-pyrrole nitrogens is 1. The van der Waals surface area contributed by atoms with Crippen molar-refractivity contribution in [3.05, 3.63) is 45.2 Å². The molecule has 17 heavy (non-hydrogen) atoms. The van der Waals surface area contributed by atoms with Crippen molar-refractivity contribution in [2.75, 3.05) is 5.32 Å². The fourth-order valence-electron chi connectivity index (χ4n) is 1.20. The molecule has 0 bridgehead atoms. The molecule has 0 aliphatic rings. The van der Waals surface area contributed by atoms with E-state index in [2.05, 4.69) is 15.5 Å². The van der Waals surface area contributed by atoms with Crippen LogP contribution in [0.4, 0.5) is 5.69 Å². The van der Waals surface area contributed by atoms with E-state index in [0.717, 1.165) is 0 Å². The smallest absolute Gasteiger partial charge is 0.275 e. The lowest BCUT2D eigenvalue weighted by atomic mass is 10.3. The van der Waals surface area contributed by atoms with Crippen molar-refractivity contribution in [1.82, 2.24) is 10.2 Å². The number of hydrogen-bond donors (Lipinski definition) is 2. The molecule has 4 nitrogen and oxygen atoms in total. The van der Waals surface area contributed by atoms with E-state index in [1.807, 2.05) is 0 Å². The minimum atomic E-state index is -0.397. The van der Waals surface area contributed by atoms with Crippen LogP contribution in [-0.4, -0.2) is 16.1 Å². The molecule has 0 unspecified atom stereocenters. The molecule has 0 spiro atoms. The number of carbonyl (C=O) groups excluding carboxylic acids is 1. The van der Waals surface area contributed by atoms with E-state index in [0.29, 0.717) is 15.7 Å². The predicted molar refractivity (Wildman–Crippen MR) is 68.0 cm³/mol. The van der Waals surface area contributed by atoms with Gasteiger partial charge in [-0.15, -0.1) is 0 Å². The molecule has 2 N–H and O–H groups in total. The monoisotopic (exact) mass is 289 g/mol. The molecule has 0 fully saturated rings. The summed E-state index contributed by atoms with van der Waals surface area (Å²) in [4.78, 5) is 11.7. The zero-order valence-corrected chi connectivity index (χ0v) is 10.6. The fraction of sp³-hybridized carbons (Fsp3) is 0. The maximum Gasteiger partial charge on any atom is 0.275 e. The average molecular weight is 291 g/mol. The summed E-state index contributed by atoms with van der Waals surface area (Å²) in [6.45, 7) is 0. The number of carbonyl (C=O) groups is 1. The van der Waals surface area contributed by atoms with E-state index in [4.69, 9.17) is 34.8 Å². The van der Waals surface area contributed by atoms with Crippen LogP contribution in [0.3, 0.4) is 0 Å². The summed E-state index contributed by atoms with van der Waals surface area (Å²) >= 11 is 17.3. The topological polar surface area (TPSA) is 57.8 Å². The summed E-state index contributed by atoms with van der Waals surface area (Å²) in [6.07, 6.45) is 1.35. The van der Waals surface area contributed by atoms with Crippen molar-refractivity contribution in [1.29, 1.82) is 0 Å². The number of rotatable bonds is 2. The van der Waals surface area contributed by atoms with Crippen LogP contribution in [0, 0.1) is 0 Å². The first kappa shape index (κ1) is 12.2. The van der Waals surface area contributed by atoms with E-state index < -0.39 is 5.91 Å². The third-order valence-electron chi connectivity index (χ3n) is 2.00. The van der Waals surface area contributed by atoms with Crippen LogP contribution in [0.1, 0.15) is 10.5 Å². The average Bonchev–Trinajstić information content (AvgIpc) is 2.70. The second kappa shape index (κ2) is 4.96. The Kier molecular flexibility index (Phi) is 3.57. The lowest BCUT2D eigenvalue weighted by molar-refractivity contribution is 0.102. The van der Waals surface area contributed by atoms with Gasteiger partial charge in [0.2, 0.25) is 0 Å².